The van der Waals surface area contributed by atoms with Crippen LogP contribution in [0.4, 0.5) is 0 Å². The molecule has 3 heteroatoms. The molecule has 0 unspecified atom stereocenters. The van der Waals surface area contributed by atoms with Gasteiger partial charge in [0.15, 0.2) is 0 Å². The highest BCUT2D eigenvalue weighted by Crippen LogP contribution is 2.30. The van der Waals surface area contributed by atoms with E-state index in [0.29, 0.717) is 0 Å². The molecule has 0 aliphatic rings. The zero-order valence-electron chi connectivity index (χ0n) is 12.3. The van der Waals surface area contributed by atoms with Crippen molar-refractivity contribution >= 4 is 5.91 Å². The lowest BCUT2D eigenvalue weighted by Gasteiger charge is -2.16. The Balaban J connectivity index is 2.04. The van der Waals surface area contributed by atoms with Gasteiger partial charge in [0, 0.05) is 5.56 Å². The average Bonchev–Trinajstić information content (AvgIpc) is 2.52. The van der Waals surface area contributed by atoms with Crippen LogP contribution in [0.5, 0.6) is 5.75 Å². The van der Waals surface area contributed by atoms with Gasteiger partial charge < -0.3 is 10.5 Å². The molecule has 0 saturated carbocycles. The van der Waals surface area contributed by atoms with Gasteiger partial charge in [0.1, 0.15) is 5.75 Å². The second-order valence-electron chi connectivity index (χ2n) is 5.07. The summed E-state index contributed by atoms with van der Waals surface area (Å²) in [5.74, 6) is 0.124. The predicted molar refractivity (Wildman–Crippen MR) is 84.3 cm³/mol. The van der Waals surface area contributed by atoms with E-state index in [1.165, 1.54) is 5.56 Å². The summed E-state index contributed by atoms with van der Waals surface area (Å²) in [6.07, 6.45) is 2.58. The van der Waals surface area contributed by atoms with Crippen molar-refractivity contribution < 1.29 is 9.53 Å². The molecule has 2 N–H and O–H groups in total. The largest absolute Gasteiger partial charge is 0.496 e. The predicted octanol–water partition coefficient (Wildman–Crippen LogP) is 3.29. The number of amides is 1. The number of hydrogen-bond acceptors (Lipinski definition) is 2. The van der Waals surface area contributed by atoms with Crippen LogP contribution < -0.4 is 10.5 Å². The van der Waals surface area contributed by atoms with E-state index in [-0.39, 0.29) is 11.8 Å². The van der Waals surface area contributed by atoms with E-state index in [4.69, 9.17) is 10.5 Å². The number of benzene rings is 2. The van der Waals surface area contributed by atoms with Gasteiger partial charge in [0.05, 0.1) is 13.0 Å². The van der Waals surface area contributed by atoms with Crippen LogP contribution in [-0.4, -0.2) is 13.0 Å². The molecule has 2 aromatic rings. The molecule has 3 nitrogen and oxygen atoms in total. The highest BCUT2D eigenvalue weighted by atomic mass is 16.5. The summed E-state index contributed by atoms with van der Waals surface area (Å²) in [7, 11) is 1.61. The molecule has 21 heavy (non-hydrogen) atoms. The first kappa shape index (κ1) is 15.1. The van der Waals surface area contributed by atoms with E-state index in [2.05, 4.69) is 12.1 Å². The van der Waals surface area contributed by atoms with Crippen LogP contribution in [0.1, 0.15) is 29.9 Å². The Morgan fingerprint density at radius 3 is 2.43 bits per heavy atom. The fourth-order valence-corrected chi connectivity index (χ4v) is 2.56. The number of ether oxygens (including phenoxy) is 1. The van der Waals surface area contributed by atoms with E-state index in [0.717, 1.165) is 30.6 Å². The number of methoxy groups -OCH3 is 1. The van der Waals surface area contributed by atoms with Crippen molar-refractivity contribution in [2.24, 2.45) is 5.73 Å². The lowest BCUT2D eigenvalue weighted by molar-refractivity contribution is -0.119. The van der Waals surface area contributed by atoms with Crippen LogP contribution in [0.3, 0.4) is 0 Å². The Morgan fingerprint density at radius 1 is 1.10 bits per heavy atom. The molecule has 0 aliphatic heterocycles. The molecule has 0 saturated heterocycles. The third-order valence-electron chi connectivity index (χ3n) is 3.66. The molecule has 1 atom stereocenters. The number of rotatable bonds is 7. The van der Waals surface area contributed by atoms with E-state index >= 15 is 0 Å². The number of nitrogens with two attached hydrogens (primary N) is 1. The molecule has 1 amide bonds. The molecule has 0 aliphatic carbocycles. The molecule has 0 bridgehead atoms. The summed E-state index contributed by atoms with van der Waals surface area (Å²) in [6.45, 7) is 0. The van der Waals surface area contributed by atoms with Crippen LogP contribution in [0.15, 0.2) is 54.6 Å². The maximum Gasteiger partial charge on any atom is 0.225 e. The van der Waals surface area contributed by atoms with Gasteiger partial charge >= 0.3 is 0 Å². The minimum atomic E-state index is -0.301. The van der Waals surface area contributed by atoms with Crippen molar-refractivity contribution in [1.82, 2.24) is 0 Å². The lowest BCUT2D eigenvalue weighted by Crippen LogP contribution is -2.22. The second kappa shape index (κ2) is 7.48. The van der Waals surface area contributed by atoms with Gasteiger partial charge in [0.25, 0.3) is 0 Å². The molecule has 2 aromatic carbocycles. The Hall–Kier alpha value is -2.29. The van der Waals surface area contributed by atoms with Gasteiger partial charge in [-0.1, -0.05) is 48.5 Å². The van der Waals surface area contributed by atoms with Gasteiger partial charge in [-0.05, 0) is 30.9 Å². The number of primary amides is 1. The number of hydrogen-bond donors (Lipinski definition) is 1. The van der Waals surface area contributed by atoms with Crippen molar-refractivity contribution in [2.45, 2.75) is 25.2 Å². The normalized spacial score (nSPS) is 11.9. The Labute approximate surface area is 125 Å². The number of carbonyl (C=O) groups excluding carboxylic acids is 1. The summed E-state index contributed by atoms with van der Waals surface area (Å²) in [5, 5.41) is 0. The summed E-state index contributed by atoms with van der Waals surface area (Å²) in [4.78, 5) is 11.8. The molecule has 0 spiro atoms. The third kappa shape index (κ3) is 4.09. The molecular formula is C18H21NO2. The Kier molecular flexibility index (Phi) is 5.38. The minimum absolute atomic E-state index is 0.299. The quantitative estimate of drug-likeness (QED) is 0.847. The fourth-order valence-electron chi connectivity index (χ4n) is 2.56. The van der Waals surface area contributed by atoms with Crippen LogP contribution in [0.25, 0.3) is 0 Å². The fraction of sp³-hybridized carbons (Fsp3) is 0.278. The highest BCUT2D eigenvalue weighted by Gasteiger charge is 2.20. The lowest BCUT2D eigenvalue weighted by atomic mass is 9.91. The molecule has 0 aromatic heterocycles. The van der Waals surface area contributed by atoms with Crippen LogP contribution in [-0.2, 0) is 11.2 Å². The summed E-state index contributed by atoms with van der Waals surface area (Å²) >= 11 is 0. The first-order valence-corrected chi connectivity index (χ1v) is 7.18. The smallest absolute Gasteiger partial charge is 0.225 e. The number of aryl methyl sites for hydroxylation is 1. The van der Waals surface area contributed by atoms with Crippen molar-refractivity contribution in [1.29, 1.82) is 0 Å². The zero-order chi connectivity index (χ0) is 15.1. The van der Waals surface area contributed by atoms with Gasteiger partial charge in [-0.15, -0.1) is 0 Å². The van der Waals surface area contributed by atoms with Crippen LogP contribution >= 0.6 is 0 Å². The van der Waals surface area contributed by atoms with Gasteiger partial charge in [-0.25, -0.2) is 0 Å². The maximum atomic E-state index is 11.8. The van der Waals surface area contributed by atoms with Crippen molar-refractivity contribution in [2.75, 3.05) is 7.11 Å². The van der Waals surface area contributed by atoms with Crippen molar-refractivity contribution in [3.63, 3.8) is 0 Å². The third-order valence-corrected chi connectivity index (χ3v) is 3.66. The first-order chi connectivity index (χ1) is 10.2. The van der Waals surface area contributed by atoms with E-state index in [9.17, 15) is 4.79 Å². The molecular weight excluding hydrogens is 262 g/mol. The van der Waals surface area contributed by atoms with Crippen molar-refractivity contribution in [3.05, 3.63) is 65.7 Å². The SMILES string of the molecule is COc1ccccc1[C@@H](CCCc1ccccc1)C(N)=O. The maximum absolute atomic E-state index is 11.8. The molecule has 0 fully saturated rings. The summed E-state index contributed by atoms with van der Waals surface area (Å²) in [5.41, 5.74) is 7.73. The second-order valence-corrected chi connectivity index (χ2v) is 5.07. The van der Waals surface area contributed by atoms with Gasteiger partial charge in [-0.2, -0.15) is 0 Å². The molecule has 110 valence electrons. The number of para-hydroxylation sites is 1. The van der Waals surface area contributed by atoms with Gasteiger partial charge in [0.2, 0.25) is 5.91 Å². The summed E-state index contributed by atoms with van der Waals surface area (Å²) in [6, 6.07) is 17.8. The van der Waals surface area contributed by atoms with Gasteiger partial charge in [-0.3, -0.25) is 4.79 Å². The minimum Gasteiger partial charge on any atom is -0.496 e. The monoisotopic (exact) mass is 283 g/mol. The van der Waals surface area contributed by atoms with Crippen LogP contribution in [0, 0.1) is 0 Å². The van der Waals surface area contributed by atoms with Crippen LogP contribution in [0.2, 0.25) is 0 Å². The van der Waals surface area contributed by atoms with E-state index < -0.39 is 0 Å². The van der Waals surface area contributed by atoms with E-state index in [1.807, 2.05) is 42.5 Å². The Bertz CT molecular complexity index is 581. The molecule has 0 radical (unpaired) electrons. The standard InChI is InChI=1S/C18H21NO2/c1-21-17-13-6-5-11-15(17)16(18(19)20)12-7-10-14-8-3-2-4-9-14/h2-6,8-9,11,13,16H,7,10,12H2,1H3,(H2,19,20)/t16-/m1/s1. The average molecular weight is 283 g/mol. The van der Waals surface area contributed by atoms with Crippen molar-refractivity contribution in [3.8, 4) is 5.75 Å². The Morgan fingerprint density at radius 2 is 1.76 bits per heavy atom. The zero-order valence-corrected chi connectivity index (χ0v) is 12.3. The first-order valence-electron chi connectivity index (χ1n) is 7.18. The molecule has 2 rings (SSSR count). The topological polar surface area (TPSA) is 52.3 Å². The highest BCUT2D eigenvalue weighted by molar-refractivity contribution is 5.82. The van der Waals surface area contributed by atoms with E-state index in [1.54, 1.807) is 7.11 Å². The number of carbonyl (C=O) groups is 1. The molecule has 0 heterocycles. The summed E-state index contributed by atoms with van der Waals surface area (Å²) < 4.78 is 5.33.